The number of aryl methyl sites for hydroxylation is 1. The number of hydrogen-bond acceptors (Lipinski definition) is 12. The highest BCUT2D eigenvalue weighted by atomic mass is 32.2. The average molecular weight is 649 g/mol. The maximum Gasteiger partial charge on any atom is 0.263 e. The molecule has 0 saturated carbocycles. The summed E-state index contributed by atoms with van der Waals surface area (Å²) in [6, 6.07) is 17.3. The van der Waals surface area contributed by atoms with Crippen molar-refractivity contribution < 1.29 is 31.9 Å². The number of nitrogens with zero attached hydrogens (tertiary/aromatic N) is 3. The number of aromatic nitrogens is 3. The zero-order chi connectivity index (χ0) is 32.5. The number of benzene rings is 3. The van der Waals surface area contributed by atoms with Gasteiger partial charge in [-0.25, -0.2) is 18.4 Å². The highest BCUT2D eigenvalue weighted by Crippen LogP contribution is 2.35. The van der Waals surface area contributed by atoms with E-state index in [2.05, 4.69) is 30.5 Å². The topological polar surface area (TPSA) is 159 Å². The van der Waals surface area contributed by atoms with Crippen molar-refractivity contribution in [2.24, 2.45) is 0 Å². The molecule has 242 valence electrons. The van der Waals surface area contributed by atoms with Crippen molar-refractivity contribution in [3.05, 3.63) is 78.3 Å². The summed E-state index contributed by atoms with van der Waals surface area (Å²) in [6.07, 6.45) is 3.08. The molecule has 0 aliphatic rings. The fourth-order valence-electron chi connectivity index (χ4n) is 4.67. The molecule has 2 heterocycles. The first-order valence-corrected chi connectivity index (χ1v) is 16.0. The van der Waals surface area contributed by atoms with Crippen LogP contribution in [0, 0.1) is 6.92 Å². The van der Waals surface area contributed by atoms with E-state index in [0.717, 1.165) is 37.2 Å². The van der Waals surface area contributed by atoms with Gasteiger partial charge in [0.2, 0.25) is 0 Å². The summed E-state index contributed by atoms with van der Waals surface area (Å²) in [5, 5.41) is 11.1. The lowest BCUT2D eigenvalue weighted by molar-refractivity contribution is 0.288. The minimum Gasteiger partial charge on any atom is -0.493 e. The Kier molecular flexibility index (Phi) is 10.4. The van der Waals surface area contributed by atoms with Crippen molar-refractivity contribution in [3.8, 4) is 23.0 Å². The van der Waals surface area contributed by atoms with Gasteiger partial charge < -0.3 is 34.1 Å². The number of fused-ring (bicyclic) bond motifs is 1. The first-order valence-electron chi connectivity index (χ1n) is 14.5. The predicted molar refractivity (Wildman–Crippen MR) is 174 cm³/mol. The maximum absolute atomic E-state index is 12.7. The van der Waals surface area contributed by atoms with Crippen molar-refractivity contribution in [2.45, 2.75) is 24.7 Å². The highest BCUT2D eigenvalue weighted by Gasteiger charge is 2.17. The fraction of sp³-hybridized carbons (Fsp3) is 0.281. The van der Waals surface area contributed by atoms with Crippen molar-refractivity contribution in [1.82, 2.24) is 20.4 Å². The van der Waals surface area contributed by atoms with Crippen LogP contribution in [0.5, 0.6) is 23.0 Å². The summed E-state index contributed by atoms with van der Waals surface area (Å²) < 4.78 is 55.2. The number of nitrogens with one attached hydrogen (secondary N) is 3. The molecule has 13 nitrogen and oxygen atoms in total. The van der Waals surface area contributed by atoms with Crippen LogP contribution in [0.2, 0.25) is 0 Å². The second kappa shape index (κ2) is 14.8. The van der Waals surface area contributed by atoms with Gasteiger partial charge in [0, 0.05) is 23.2 Å². The predicted octanol–water partition coefficient (Wildman–Crippen LogP) is 5.10. The summed E-state index contributed by atoms with van der Waals surface area (Å²) in [5.74, 6) is 3.69. The second-order valence-electron chi connectivity index (χ2n) is 10.2. The number of rotatable bonds is 16. The van der Waals surface area contributed by atoms with E-state index in [-0.39, 0.29) is 10.7 Å². The van der Waals surface area contributed by atoms with Crippen molar-refractivity contribution in [2.75, 3.05) is 51.1 Å². The lowest BCUT2D eigenvalue weighted by atomic mass is 10.1. The molecule has 5 rings (SSSR count). The Bertz CT molecular complexity index is 1880. The Morgan fingerprint density at radius 3 is 2.30 bits per heavy atom. The van der Waals surface area contributed by atoms with Crippen LogP contribution in [0.3, 0.4) is 0 Å². The minimum atomic E-state index is -3.84. The molecule has 0 amide bonds. The zero-order valence-electron chi connectivity index (χ0n) is 26.0. The molecular weight excluding hydrogens is 612 g/mol. The Balaban J connectivity index is 1.18. The zero-order valence-corrected chi connectivity index (χ0v) is 26.8. The van der Waals surface area contributed by atoms with Crippen LogP contribution in [0.4, 0.5) is 17.3 Å². The third-order valence-corrected chi connectivity index (χ3v) is 8.38. The van der Waals surface area contributed by atoms with Gasteiger partial charge in [0.1, 0.15) is 17.9 Å². The molecule has 5 aromatic rings. The van der Waals surface area contributed by atoms with Gasteiger partial charge in [0.15, 0.2) is 28.8 Å². The first kappa shape index (κ1) is 32.3. The smallest absolute Gasteiger partial charge is 0.263 e. The molecule has 0 atom stereocenters. The van der Waals surface area contributed by atoms with E-state index in [1.807, 2.05) is 24.3 Å². The molecule has 0 unspecified atom stereocenters. The molecular formula is C32H36N6O7S. The van der Waals surface area contributed by atoms with Crippen molar-refractivity contribution >= 4 is 38.2 Å². The molecule has 0 spiro atoms. The van der Waals surface area contributed by atoms with Crippen molar-refractivity contribution in [3.63, 3.8) is 0 Å². The van der Waals surface area contributed by atoms with Gasteiger partial charge in [-0.1, -0.05) is 11.2 Å². The third-order valence-electron chi connectivity index (χ3n) is 7.01. The van der Waals surface area contributed by atoms with E-state index in [4.69, 9.17) is 23.5 Å². The lowest BCUT2D eigenvalue weighted by Gasteiger charge is -2.14. The molecule has 0 fully saturated rings. The maximum atomic E-state index is 12.7. The van der Waals surface area contributed by atoms with Crippen LogP contribution in [0.15, 0.2) is 76.4 Å². The van der Waals surface area contributed by atoms with E-state index in [1.54, 1.807) is 46.5 Å². The average Bonchev–Trinajstić information content (AvgIpc) is 3.47. The normalized spacial score (nSPS) is 11.3. The molecule has 2 aromatic heterocycles. The molecule has 0 saturated heterocycles. The monoisotopic (exact) mass is 648 g/mol. The Morgan fingerprint density at radius 2 is 1.59 bits per heavy atom. The summed E-state index contributed by atoms with van der Waals surface area (Å²) in [4.78, 5) is 8.87. The van der Waals surface area contributed by atoms with Crippen LogP contribution in [0.1, 0.15) is 17.7 Å². The highest BCUT2D eigenvalue weighted by molar-refractivity contribution is 7.92. The van der Waals surface area contributed by atoms with Gasteiger partial charge in [0.25, 0.3) is 10.0 Å². The quantitative estimate of drug-likeness (QED) is 0.122. The molecule has 0 radical (unpaired) electrons. The lowest BCUT2D eigenvalue weighted by Crippen LogP contribution is -2.20. The first-order chi connectivity index (χ1) is 22.3. The molecule has 3 N–H and O–H groups in total. The van der Waals surface area contributed by atoms with E-state index in [1.165, 1.54) is 24.5 Å². The summed E-state index contributed by atoms with van der Waals surface area (Å²) >= 11 is 0. The van der Waals surface area contributed by atoms with E-state index < -0.39 is 10.0 Å². The van der Waals surface area contributed by atoms with Crippen LogP contribution >= 0.6 is 0 Å². The van der Waals surface area contributed by atoms with Crippen LogP contribution < -0.4 is 34.3 Å². The van der Waals surface area contributed by atoms with Gasteiger partial charge in [0.05, 0.1) is 38.3 Å². The van der Waals surface area contributed by atoms with Gasteiger partial charge in [-0.3, -0.25) is 4.72 Å². The summed E-state index contributed by atoms with van der Waals surface area (Å²) in [5.41, 5.74) is 2.45. The van der Waals surface area contributed by atoms with Crippen LogP contribution in [-0.2, 0) is 16.4 Å². The van der Waals surface area contributed by atoms with Gasteiger partial charge in [-0.2, -0.15) is 0 Å². The van der Waals surface area contributed by atoms with Crippen molar-refractivity contribution in [1.29, 1.82) is 0 Å². The van der Waals surface area contributed by atoms with E-state index in [0.29, 0.717) is 52.0 Å². The Morgan fingerprint density at radius 1 is 0.826 bits per heavy atom. The Hall–Kier alpha value is -5.08. The molecule has 46 heavy (non-hydrogen) atoms. The van der Waals surface area contributed by atoms with Crippen LogP contribution in [-0.4, -0.2) is 64.6 Å². The second-order valence-corrected chi connectivity index (χ2v) is 11.9. The molecule has 0 aliphatic carbocycles. The van der Waals surface area contributed by atoms with Crippen LogP contribution in [0.25, 0.3) is 10.9 Å². The van der Waals surface area contributed by atoms with Gasteiger partial charge >= 0.3 is 0 Å². The van der Waals surface area contributed by atoms with E-state index in [9.17, 15) is 8.42 Å². The Labute approximate surface area is 267 Å². The molecule has 14 heteroatoms. The van der Waals surface area contributed by atoms with Gasteiger partial charge in [-0.15, -0.1) is 0 Å². The molecule has 3 aromatic carbocycles. The SMILES string of the molecule is COc1ccc(CCNCCCOc2cc3c(Nc4ccc(S(=O)(=O)Nc5cc(C)on5)cc4)ncnc3cc2OC)cc1OC. The van der Waals surface area contributed by atoms with Gasteiger partial charge in [-0.05, 0) is 80.9 Å². The summed E-state index contributed by atoms with van der Waals surface area (Å²) in [7, 11) is 0.995. The molecule has 0 aliphatic heterocycles. The number of sulfonamides is 1. The minimum absolute atomic E-state index is 0.0714. The number of methoxy groups -OCH3 is 3. The number of anilines is 3. The molecule has 0 bridgehead atoms. The standard InChI is InChI=1S/C32H36N6O7S/c1-21-16-31(37-45-21)38-46(39,40)24-9-7-23(8-10-24)36-32-25-18-30(29(43-4)19-26(25)34-20-35-32)44-15-5-13-33-14-12-22-6-11-27(41-2)28(17-22)42-3/h6-11,16-20,33H,5,12-15H2,1-4H3,(H,37,38)(H,34,35,36). The third kappa shape index (κ3) is 7.95. The largest absolute Gasteiger partial charge is 0.493 e. The number of ether oxygens (including phenoxy) is 4. The van der Waals surface area contributed by atoms with E-state index >= 15 is 0 Å². The summed E-state index contributed by atoms with van der Waals surface area (Å²) in [6.45, 7) is 3.74. The fourth-order valence-corrected chi connectivity index (χ4v) is 5.66. The number of hydrogen-bond donors (Lipinski definition) is 3.